The minimum absolute atomic E-state index is 0.0000772. The van der Waals surface area contributed by atoms with Gasteiger partial charge in [0, 0.05) is 19.3 Å². The SMILES string of the molecule is CCc1nc2ccc(Cl)cn2c1C(=O)N1CCOCC1. The average Bonchev–Trinajstić information content (AvgIpc) is 2.85. The number of rotatable bonds is 2. The molecule has 0 aromatic carbocycles. The van der Waals surface area contributed by atoms with Gasteiger partial charge in [-0.2, -0.15) is 0 Å². The maximum atomic E-state index is 12.7. The highest BCUT2D eigenvalue weighted by atomic mass is 35.5. The highest BCUT2D eigenvalue weighted by molar-refractivity contribution is 6.30. The van der Waals surface area contributed by atoms with Gasteiger partial charge in [0.1, 0.15) is 11.3 Å². The summed E-state index contributed by atoms with van der Waals surface area (Å²) >= 11 is 6.04. The fraction of sp³-hybridized carbons (Fsp3) is 0.429. The number of pyridine rings is 1. The van der Waals surface area contributed by atoms with Crippen LogP contribution in [0.15, 0.2) is 18.3 Å². The molecule has 3 heterocycles. The van der Waals surface area contributed by atoms with Gasteiger partial charge in [-0.25, -0.2) is 4.98 Å². The van der Waals surface area contributed by atoms with Crippen LogP contribution < -0.4 is 0 Å². The molecule has 0 bridgehead atoms. The number of ether oxygens (including phenoxy) is 1. The fourth-order valence-electron chi connectivity index (χ4n) is 2.46. The van der Waals surface area contributed by atoms with E-state index in [4.69, 9.17) is 16.3 Å². The first-order valence-electron chi connectivity index (χ1n) is 6.74. The molecule has 0 N–H and O–H groups in total. The van der Waals surface area contributed by atoms with Crippen LogP contribution in [0.5, 0.6) is 0 Å². The predicted molar refractivity (Wildman–Crippen MR) is 76.3 cm³/mol. The number of carbonyl (C=O) groups is 1. The van der Waals surface area contributed by atoms with Crippen LogP contribution in [-0.4, -0.2) is 46.5 Å². The van der Waals surface area contributed by atoms with Gasteiger partial charge in [-0.3, -0.25) is 9.20 Å². The summed E-state index contributed by atoms with van der Waals surface area (Å²) in [6.07, 6.45) is 2.46. The summed E-state index contributed by atoms with van der Waals surface area (Å²) in [6, 6.07) is 3.61. The Morgan fingerprint density at radius 1 is 1.40 bits per heavy atom. The Bertz CT molecular complexity index is 647. The lowest BCUT2D eigenvalue weighted by Gasteiger charge is -2.26. The zero-order chi connectivity index (χ0) is 14.1. The molecule has 6 heteroatoms. The monoisotopic (exact) mass is 293 g/mol. The van der Waals surface area contributed by atoms with Crippen LogP contribution in [0.4, 0.5) is 0 Å². The number of halogens is 1. The Balaban J connectivity index is 2.08. The van der Waals surface area contributed by atoms with Crippen molar-refractivity contribution in [3.63, 3.8) is 0 Å². The van der Waals surface area contributed by atoms with Gasteiger partial charge in [-0.05, 0) is 18.6 Å². The molecule has 3 rings (SSSR count). The number of aromatic nitrogens is 2. The summed E-state index contributed by atoms with van der Waals surface area (Å²) in [4.78, 5) is 19.1. The summed E-state index contributed by atoms with van der Waals surface area (Å²) in [7, 11) is 0. The van der Waals surface area contributed by atoms with E-state index in [1.807, 2.05) is 17.9 Å². The van der Waals surface area contributed by atoms with E-state index in [1.165, 1.54) is 0 Å². The summed E-state index contributed by atoms with van der Waals surface area (Å²) in [5.74, 6) is -0.0000772. The van der Waals surface area contributed by atoms with Crippen molar-refractivity contribution in [1.29, 1.82) is 0 Å². The minimum Gasteiger partial charge on any atom is -0.378 e. The second-order valence-corrected chi connectivity index (χ2v) is 5.18. The van der Waals surface area contributed by atoms with Gasteiger partial charge in [0.25, 0.3) is 5.91 Å². The molecule has 1 fully saturated rings. The van der Waals surface area contributed by atoms with E-state index in [-0.39, 0.29) is 5.91 Å². The lowest BCUT2D eigenvalue weighted by Crippen LogP contribution is -2.41. The number of amides is 1. The van der Waals surface area contributed by atoms with Crippen molar-refractivity contribution in [2.45, 2.75) is 13.3 Å². The molecule has 0 atom stereocenters. The smallest absolute Gasteiger partial charge is 0.272 e. The number of fused-ring (bicyclic) bond motifs is 1. The molecule has 1 aliphatic rings. The minimum atomic E-state index is -0.0000772. The zero-order valence-electron chi connectivity index (χ0n) is 11.3. The Kier molecular flexibility index (Phi) is 3.63. The quantitative estimate of drug-likeness (QED) is 0.851. The normalized spacial score (nSPS) is 15.8. The second-order valence-electron chi connectivity index (χ2n) is 4.74. The molecular formula is C14H16ClN3O2. The van der Waals surface area contributed by atoms with Crippen LogP contribution in [-0.2, 0) is 11.2 Å². The third-order valence-electron chi connectivity index (χ3n) is 3.49. The molecule has 1 saturated heterocycles. The van der Waals surface area contributed by atoms with Crippen molar-refractivity contribution in [1.82, 2.24) is 14.3 Å². The molecule has 5 nitrogen and oxygen atoms in total. The molecule has 1 aliphatic heterocycles. The molecule has 20 heavy (non-hydrogen) atoms. The van der Waals surface area contributed by atoms with E-state index in [0.717, 1.165) is 11.3 Å². The fourth-order valence-corrected chi connectivity index (χ4v) is 2.62. The average molecular weight is 294 g/mol. The summed E-state index contributed by atoms with van der Waals surface area (Å²) < 4.78 is 7.08. The molecule has 2 aromatic heterocycles. The number of carbonyl (C=O) groups excluding carboxylic acids is 1. The summed E-state index contributed by atoms with van der Waals surface area (Å²) in [5.41, 5.74) is 2.18. The third kappa shape index (κ3) is 2.27. The van der Waals surface area contributed by atoms with Crippen molar-refractivity contribution in [3.8, 4) is 0 Å². The Morgan fingerprint density at radius 3 is 2.85 bits per heavy atom. The molecule has 0 aliphatic carbocycles. The van der Waals surface area contributed by atoms with Crippen molar-refractivity contribution < 1.29 is 9.53 Å². The van der Waals surface area contributed by atoms with Gasteiger partial charge in [0.15, 0.2) is 0 Å². The van der Waals surface area contributed by atoms with E-state index in [9.17, 15) is 4.79 Å². The Morgan fingerprint density at radius 2 is 2.15 bits per heavy atom. The van der Waals surface area contributed by atoms with E-state index < -0.39 is 0 Å². The zero-order valence-corrected chi connectivity index (χ0v) is 12.1. The molecule has 0 saturated carbocycles. The number of hydrogen-bond donors (Lipinski definition) is 0. The van der Waals surface area contributed by atoms with Crippen LogP contribution in [0.2, 0.25) is 5.02 Å². The van der Waals surface area contributed by atoms with Crippen LogP contribution in [0, 0.1) is 0 Å². The molecule has 2 aromatic rings. The highest BCUT2D eigenvalue weighted by Gasteiger charge is 2.25. The maximum Gasteiger partial charge on any atom is 0.272 e. The number of imidazole rings is 1. The first-order chi connectivity index (χ1) is 9.70. The van der Waals surface area contributed by atoms with E-state index in [0.29, 0.717) is 43.4 Å². The Hall–Kier alpha value is -1.59. The van der Waals surface area contributed by atoms with Crippen LogP contribution in [0.25, 0.3) is 5.65 Å². The van der Waals surface area contributed by atoms with Crippen molar-refractivity contribution in [2.75, 3.05) is 26.3 Å². The second kappa shape index (κ2) is 5.42. The molecule has 0 radical (unpaired) electrons. The predicted octanol–water partition coefficient (Wildman–Crippen LogP) is 2.02. The van der Waals surface area contributed by atoms with E-state index >= 15 is 0 Å². The third-order valence-corrected chi connectivity index (χ3v) is 3.71. The lowest BCUT2D eigenvalue weighted by molar-refractivity contribution is 0.0297. The van der Waals surface area contributed by atoms with Crippen molar-refractivity contribution in [3.05, 3.63) is 34.7 Å². The van der Waals surface area contributed by atoms with Gasteiger partial charge in [-0.1, -0.05) is 18.5 Å². The van der Waals surface area contributed by atoms with Gasteiger partial charge in [0.2, 0.25) is 0 Å². The van der Waals surface area contributed by atoms with Crippen molar-refractivity contribution >= 4 is 23.2 Å². The first kappa shape index (κ1) is 13.4. The molecule has 1 amide bonds. The van der Waals surface area contributed by atoms with Gasteiger partial charge in [-0.15, -0.1) is 0 Å². The largest absolute Gasteiger partial charge is 0.378 e. The topological polar surface area (TPSA) is 46.8 Å². The van der Waals surface area contributed by atoms with Crippen LogP contribution >= 0.6 is 11.6 Å². The van der Waals surface area contributed by atoms with Crippen molar-refractivity contribution in [2.24, 2.45) is 0 Å². The first-order valence-corrected chi connectivity index (χ1v) is 7.12. The summed E-state index contributed by atoms with van der Waals surface area (Å²) in [6.45, 7) is 4.42. The lowest BCUT2D eigenvalue weighted by atomic mass is 10.2. The standard InChI is InChI=1S/C14H16ClN3O2/c1-2-11-13(14(19)17-5-7-20-8-6-17)18-9-10(15)3-4-12(18)16-11/h3-4,9H,2,5-8H2,1H3. The molecule has 106 valence electrons. The highest BCUT2D eigenvalue weighted by Crippen LogP contribution is 2.19. The van der Waals surface area contributed by atoms with Gasteiger partial charge < -0.3 is 9.64 Å². The molecular weight excluding hydrogens is 278 g/mol. The van der Waals surface area contributed by atoms with E-state index in [1.54, 1.807) is 16.7 Å². The molecule has 0 spiro atoms. The number of nitrogens with zero attached hydrogens (tertiary/aromatic N) is 3. The van der Waals surface area contributed by atoms with Crippen LogP contribution in [0.1, 0.15) is 23.1 Å². The van der Waals surface area contributed by atoms with Gasteiger partial charge in [0.05, 0.1) is 23.9 Å². The summed E-state index contributed by atoms with van der Waals surface area (Å²) in [5, 5.41) is 0.591. The Labute approximate surface area is 122 Å². The van der Waals surface area contributed by atoms with E-state index in [2.05, 4.69) is 4.98 Å². The van der Waals surface area contributed by atoms with Crippen LogP contribution in [0.3, 0.4) is 0 Å². The van der Waals surface area contributed by atoms with Gasteiger partial charge >= 0.3 is 0 Å². The molecule has 0 unspecified atom stereocenters. The number of aryl methyl sites for hydroxylation is 1. The maximum absolute atomic E-state index is 12.7. The number of hydrogen-bond acceptors (Lipinski definition) is 3. The number of morpholine rings is 1.